The Hall–Kier alpha value is -0.580. The fraction of sp³-hybridized carbons (Fsp3) is 0.727. The van der Waals surface area contributed by atoms with E-state index in [9.17, 15) is 5.11 Å². The summed E-state index contributed by atoms with van der Waals surface area (Å²) in [5.41, 5.74) is 0.711. The fourth-order valence-corrected chi connectivity index (χ4v) is 3.24. The second-order valence-corrected chi connectivity index (χ2v) is 5.13. The molecule has 1 N–H and O–H groups in total. The molecule has 1 aromatic rings. The van der Waals surface area contributed by atoms with Crippen LogP contribution in [0, 0.1) is 5.92 Å². The minimum Gasteiger partial charge on any atom is -0.386 e. The summed E-state index contributed by atoms with van der Waals surface area (Å²) in [6, 6.07) is 0. The second-order valence-electron chi connectivity index (χ2n) is 4.72. The molecule has 2 aliphatic heterocycles. The first kappa shape index (κ1) is 10.6. The molecule has 3 rings (SSSR count). The highest BCUT2D eigenvalue weighted by Gasteiger charge is 2.45. The lowest BCUT2D eigenvalue weighted by Crippen LogP contribution is -2.25. The van der Waals surface area contributed by atoms with Crippen LogP contribution in [0.1, 0.15) is 31.1 Å². The molecule has 2 saturated heterocycles. The third-order valence-corrected chi connectivity index (χ3v) is 4.07. The lowest BCUT2D eigenvalue weighted by atomic mass is 9.84. The average Bonchev–Trinajstić information content (AvgIpc) is 2.93. The van der Waals surface area contributed by atoms with Crippen molar-refractivity contribution in [2.24, 2.45) is 13.0 Å². The van der Waals surface area contributed by atoms with Crippen molar-refractivity contribution >= 4 is 11.6 Å². The number of aryl methyl sites for hydroxylation is 1. The monoisotopic (exact) mass is 242 g/mol. The Morgan fingerprint density at radius 3 is 2.94 bits per heavy atom. The van der Waals surface area contributed by atoms with Gasteiger partial charge in [-0.05, 0) is 19.3 Å². The number of hydrogen-bond donors (Lipinski definition) is 1. The van der Waals surface area contributed by atoms with Crippen LogP contribution in [-0.4, -0.2) is 27.1 Å². The summed E-state index contributed by atoms with van der Waals surface area (Å²) in [6.07, 6.45) is 4.69. The van der Waals surface area contributed by atoms with Crippen molar-refractivity contribution in [3.8, 4) is 0 Å². The van der Waals surface area contributed by atoms with Gasteiger partial charge in [-0.3, -0.25) is 4.68 Å². The van der Waals surface area contributed by atoms with Crippen LogP contribution in [0.2, 0.25) is 5.02 Å². The van der Waals surface area contributed by atoms with Crippen molar-refractivity contribution in [2.75, 3.05) is 0 Å². The van der Waals surface area contributed by atoms with E-state index in [0.717, 1.165) is 19.3 Å². The first-order valence-electron chi connectivity index (χ1n) is 5.67. The molecule has 2 fully saturated rings. The highest BCUT2D eigenvalue weighted by atomic mass is 35.5. The van der Waals surface area contributed by atoms with Crippen molar-refractivity contribution in [1.82, 2.24) is 9.78 Å². The number of fused-ring (bicyclic) bond motifs is 2. The number of nitrogens with zero attached hydrogens (tertiary/aromatic N) is 2. The number of rotatable bonds is 2. The van der Waals surface area contributed by atoms with Crippen molar-refractivity contribution in [3.05, 3.63) is 16.9 Å². The number of hydrogen-bond acceptors (Lipinski definition) is 3. The van der Waals surface area contributed by atoms with Crippen molar-refractivity contribution < 1.29 is 9.84 Å². The standard InChI is InChI=1S/C11H15ClN2O2/c1-14-10(8(12)5-13-14)11(15)7-4-6-2-3-9(7)16-6/h5-7,9,11,15H,2-4H2,1H3. The Morgan fingerprint density at radius 2 is 2.44 bits per heavy atom. The van der Waals surface area contributed by atoms with Crippen molar-refractivity contribution in [1.29, 1.82) is 0 Å². The maximum atomic E-state index is 10.4. The van der Waals surface area contributed by atoms with Gasteiger partial charge in [0.25, 0.3) is 0 Å². The molecule has 3 heterocycles. The predicted octanol–water partition coefficient (Wildman–Crippen LogP) is 1.67. The highest BCUT2D eigenvalue weighted by molar-refractivity contribution is 6.31. The molecule has 4 unspecified atom stereocenters. The van der Waals surface area contributed by atoms with E-state index in [1.165, 1.54) is 0 Å². The van der Waals surface area contributed by atoms with Gasteiger partial charge in [-0.1, -0.05) is 11.6 Å². The Labute approximate surface area is 99.2 Å². The first-order chi connectivity index (χ1) is 7.66. The molecule has 5 heteroatoms. The molecule has 4 atom stereocenters. The highest BCUT2D eigenvalue weighted by Crippen LogP contribution is 2.45. The lowest BCUT2D eigenvalue weighted by molar-refractivity contribution is 0.0386. The molecule has 88 valence electrons. The topological polar surface area (TPSA) is 47.3 Å². The van der Waals surface area contributed by atoms with Gasteiger partial charge >= 0.3 is 0 Å². The van der Waals surface area contributed by atoms with E-state index in [4.69, 9.17) is 16.3 Å². The molecule has 0 aliphatic carbocycles. The summed E-state index contributed by atoms with van der Waals surface area (Å²) >= 11 is 6.04. The van der Waals surface area contributed by atoms with E-state index >= 15 is 0 Å². The van der Waals surface area contributed by atoms with Gasteiger partial charge in [0, 0.05) is 13.0 Å². The van der Waals surface area contributed by atoms with E-state index in [1.54, 1.807) is 17.9 Å². The molecular weight excluding hydrogens is 228 g/mol. The fourth-order valence-electron chi connectivity index (χ4n) is 2.97. The van der Waals surface area contributed by atoms with Crippen LogP contribution < -0.4 is 0 Å². The van der Waals surface area contributed by atoms with Gasteiger partial charge in [0.05, 0.1) is 29.1 Å². The zero-order chi connectivity index (χ0) is 11.3. The van der Waals surface area contributed by atoms with E-state index in [0.29, 0.717) is 16.8 Å². The van der Waals surface area contributed by atoms with Gasteiger partial charge in [-0.15, -0.1) is 0 Å². The van der Waals surface area contributed by atoms with Gasteiger partial charge in [-0.2, -0.15) is 5.10 Å². The second kappa shape index (κ2) is 3.72. The minimum absolute atomic E-state index is 0.173. The van der Waals surface area contributed by atoms with Crippen LogP contribution in [0.5, 0.6) is 0 Å². The third kappa shape index (κ3) is 1.48. The van der Waals surface area contributed by atoms with Crippen LogP contribution in [0.15, 0.2) is 6.20 Å². The van der Waals surface area contributed by atoms with E-state index in [2.05, 4.69) is 5.10 Å². The molecular formula is C11H15ClN2O2. The molecule has 1 aromatic heterocycles. The summed E-state index contributed by atoms with van der Waals surface area (Å²) in [5.74, 6) is 0.173. The van der Waals surface area contributed by atoms with E-state index in [-0.39, 0.29) is 12.0 Å². The minimum atomic E-state index is -0.560. The van der Waals surface area contributed by atoms with Crippen molar-refractivity contribution in [2.45, 2.75) is 37.6 Å². The zero-order valence-electron chi connectivity index (χ0n) is 9.14. The Morgan fingerprint density at radius 1 is 1.62 bits per heavy atom. The normalized spacial score (nSPS) is 34.6. The number of aliphatic hydroxyl groups excluding tert-OH is 1. The number of ether oxygens (including phenoxy) is 1. The van der Waals surface area contributed by atoms with Crippen LogP contribution in [0.3, 0.4) is 0 Å². The molecule has 0 amide bonds. The number of halogens is 1. The number of aromatic nitrogens is 2. The smallest absolute Gasteiger partial charge is 0.102 e. The predicted molar refractivity (Wildman–Crippen MR) is 59.2 cm³/mol. The summed E-state index contributed by atoms with van der Waals surface area (Å²) in [4.78, 5) is 0. The van der Waals surface area contributed by atoms with E-state index in [1.807, 2.05) is 0 Å². The Bertz CT molecular complexity index is 387. The molecule has 16 heavy (non-hydrogen) atoms. The van der Waals surface area contributed by atoms with Crippen molar-refractivity contribution in [3.63, 3.8) is 0 Å². The molecule has 0 radical (unpaired) electrons. The summed E-state index contributed by atoms with van der Waals surface area (Å²) in [5, 5.41) is 15.0. The largest absolute Gasteiger partial charge is 0.386 e. The third-order valence-electron chi connectivity index (χ3n) is 3.78. The summed E-state index contributed by atoms with van der Waals surface area (Å²) in [7, 11) is 1.80. The van der Waals surface area contributed by atoms with E-state index < -0.39 is 6.10 Å². The van der Waals surface area contributed by atoms with Gasteiger partial charge in [-0.25, -0.2) is 0 Å². The molecule has 0 spiro atoms. The van der Waals surface area contributed by atoms with Gasteiger partial charge in [0.2, 0.25) is 0 Å². The summed E-state index contributed by atoms with van der Waals surface area (Å²) in [6.45, 7) is 0. The first-order valence-corrected chi connectivity index (χ1v) is 6.05. The zero-order valence-corrected chi connectivity index (χ0v) is 9.89. The summed E-state index contributed by atoms with van der Waals surface area (Å²) < 4.78 is 7.40. The number of aliphatic hydroxyl groups is 1. The van der Waals surface area contributed by atoms with Gasteiger partial charge in [0.1, 0.15) is 6.10 Å². The molecule has 0 aromatic carbocycles. The van der Waals surface area contributed by atoms with Crippen LogP contribution in [0.25, 0.3) is 0 Å². The maximum Gasteiger partial charge on any atom is 0.102 e. The van der Waals surface area contributed by atoms with Crippen LogP contribution in [0.4, 0.5) is 0 Å². The average molecular weight is 243 g/mol. The molecule has 2 aliphatic rings. The van der Waals surface area contributed by atoms with Gasteiger partial charge < -0.3 is 9.84 Å². The molecule has 2 bridgehead atoms. The quantitative estimate of drug-likeness (QED) is 0.858. The Balaban J connectivity index is 1.85. The lowest BCUT2D eigenvalue weighted by Gasteiger charge is -2.24. The van der Waals surface area contributed by atoms with Gasteiger partial charge in [0.15, 0.2) is 0 Å². The maximum absolute atomic E-state index is 10.4. The molecule has 4 nitrogen and oxygen atoms in total. The SMILES string of the molecule is Cn1ncc(Cl)c1C(O)C1CC2CCC1O2. The van der Waals surface area contributed by atoms with Crippen LogP contribution in [-0.2, 0) is 11.8 Å². The van der Waals surface area contributed by atoms with Crippen LogP contribution >= 0.6 is 11.6 Å². The molecule has 0 saturated carbocycles. The Kier molecular flexibility index (Phi) is 2.46.